The molecule has 4 nitrogen and oxygen atoms in total. The first-order chi connectivity index (χ1) is 9.73. The highest BCUT2D eigenvalue weighted by Gasteiger charge is 2.19. The Morgan fingerprint density at radius 2 is 0.550 bits per heavy atom. The topological polar surface area (TPSA) is 104 Å². The first-order valence-corrected chi connectivity index (χ1v) is 8.53. The zero-order valence-corrected chi connectivity index (χ0v) is 13.1. The van der Waals surface area contributed by atoms with Crippen LogP contribution < -0.4 is 22.9 Å². The fraction of sp³-hybridized carbons (Fsp3) is 1.00. The number of hydrogen-bond donors (Lipinski definition) is 4. The Morgan fingerprint density at radius 1 is 0.400 bits per heavy atom. The van der Waals surface area contributed by atoms with Crippen molar-refractivity contribution < 1.29 is 0 Å². The fourth-order valence-corrected chi connectivity index (χ4v) is 3.41. The van der Waals surface area contributed by atoms with Gasteiger partial charge in [0.15, 0.2) is 0 Å². The zero-order valence-electron chi connectivity index (χ0n) is 13.1. The Labute approximate surface area is 125 Å². The molecule has 0 bridgehead atoms. The van der Waals surface area contributed by atoms with Crippen molar-refractivity contribution in [3.8, 4) is 0 Å². The van der Waals surface area contributed by atoms with Crippen molar-refractivity contribution >= 4 is 0 Å². The van der Waals surface area contributed by atoms with Crippen molar-refractivity contribution in [1.82, 2.24) is 0 Å². The summed E-state index contributed by atoms with van der Waals surface area (Å²) in [4.78, 5) is 0. The third-order valence-electron chi connectivity index (χ3n) is 5.27. The van der Waals surface area contributed by atoms with Crippen molar-refractivity contribution in [1.29, 1.82) is 0 Å². The highest BCUT2D eigenvalue weighted by atomic mass is 14.6. The summed E-state index contributed by atoms with van der Waals surface area (Å²) in [5, 5.41) is 0. The standard InChI is InChI=1S/2C8H18N2/c2*9-5-7-1-2-8(6-10)4-3-7/h2*7-8H,1-6,9-10H2. The van der Waals surface area contributed by atoms with E-state index in [1.807, 2.05) is 0 Å². The van der Waals surface area contributed by atoms with E-state index in [4.69, 9.17) is 22.9 Å². The smallest absolute Gasteiger partial charge is 0.00489 e. The molecule has 0 radical (unpaired) electrons. The van der Waals surface area contributed by atoms with Crippen molar-refractivity contribution in [3.05, 3.63) is 0 Å². The second-order valence-corrected chi connectivity index (χ2v) is 6.72. The van der Waals surface area contributed by atoms with E-state index in [0.717, 1.165) is 49.9 Å². The normalized spacial score (nSPS) is 34.2. The molecule has 2 rings (SSSR count). The van der Waals surface area contributed by atoms with E-state index < -0.39 is 0 Å². The van der Waals surface area contributed by atoms with E-state index >= 15 is 0 Å². The second-order valence-electron chi connectivity index (χ2n) is 6.72. The number of nitrogens with two attached hydrogens (primary N) is 4. The molecular weight excluding hydrogens is 248 g/mol. The molecule has 0 aliphatic heterocycles. The second kappa shape index (κ2) is 10.6. The summed E-state index contributed by atoms with van der Waals surface area (Å²) in [6, 6.07) is 0. The van der Waals surface area contributed by atoms with Crippen molar-refractivity contribution in [3.63, 3.8) is 0 Å². The monoisotopic (exact) mass is 284 g/mol. The van der Waals surface area contributed by atoms with Crippen LogP contribution in [-0.4, -0.2) is 26.2 Å². The van der Waals surface area contributed by atoms with E-state index in [2.05, 4.69) is 0 Å². The molecule has 8 N–H and O–H groups in total. The average Bonchev–Trinajstić information content (AvgIpc) is 2.55. The predicted molar refractivity (Wildman–Crippen MR) is 87.1 cm³/mol. The summed E-state index contributed by atoms with van der Waals surface area (Å²) in [6.07, 6.45) is 10.4. The Morgan fingerprint density at radius 3 is 0.650 bits per heavy atom. The molecule has 2 aliphatic rings. The van der Waals surface area contributed by atoms with E-state index in [9.17, 15) is 0 Å². The minimum absolute atomic E-state index is 0.794. The van der Waals surface area contributed by atoms with Crippen LogP contribution in [0.5, 0.6) is 0 Å². The van der Waals surface area contributed by atoms with E-state index in [1.54, 1.807) is 0 Å². The van der Waals surface area contributed by atoms with Crippen LogP contribution in [0.15, 0.2) is 0 Å². The van der Waals surface area contributed by atoms with Crippen LogP contribution in [-0.2, 0) is 0 Å². The van der Waals surface area contributed by atoms with Crippen molar-refractivity contribution in [2.45, 2.75) is 51.4 Å². The zero-order chi connectivity index (χ0) is 14.8. The molecule has 0 aromatic heterocycles. The first-order valence-electron chi connectivity index (χ1n) is 8.53. The van der Waals surface area contributed by atoms with Gasteiger partial charge < -0.3 is 22.9 Å². The van der Waals surface area contributed by atoms with Crippen LogP contribution in [0.25, 0.3) is 0 Å². The van der Waals surface area contributed by atoms with Crippen LogP contribution in [0.4, 0.5) is 0 Å². The maximum Gasteiger partial charge on any atom is -0.00489 e. The molecule has 0 aromatic carbocycles. The molecule has 0 heterocycles. The lowest BCUT2D eigenvalue weighted by Crippen LogP contribution is -2.25. The number of hydrogen-bond acceptors (Lipinski definition) is 4. The van der Waals surface area contributed by atoms with Gasteiger partial charge in [0.1, 0.15) is 0 Å². The highest BCUT2D eigenvalue weighted by molar-refractivity contribution is 4.73. The quantitative estimate of drug-likeness (QED) is 0.626. The van der Waals surface area contributed by atoms with Gasteiger partial charge in [-0.15, -0.1) is 0 Å². The van der Waals surface area contributed by atoms with Crippen molar-refractivity contribution in [2.24, 2.45) is 46.6 Å². The molecule has 2 aliphatic carbocycles. The van der Waals surface area contributed by atoms with Gasteiger partial charge in [-0.2, -0.15) is 0 Å². The van der Waals surface area contributed by atoms with Crippen LogP contribution in [0, 0.1) is 23.7 Å². The molecule has 0 aromatic rings. The Balaban J connectivity index is 0.000000200. The van der Waals surface area contributed by atoms with Gasteiger partial charge in [-0.1, -0.05) is 0 Å². The maximum atomic E-state index is 5.56. The van der Waals surface area contributed by atoms with E-state index in [-0.39, 0.29) is 0 Å². The highest BCUT2D eigenvalue weighted by Crippen LogP contribution is 2.27. The molecule has 0 amide bonds. The molecule has 0 atom stereocenters. The van der Waals surface area contributed by atoms with Gasteiger partial charge >= 0.3 is 0 Å². The van der Waals surface area contributed by atoms with Gasteiger partial charge in [0.25, 0.3) is 0 Å². The summed E-state index contributed by atoms with van der Waals surface area (Å²) in [6.45, 7) is 3.49. The van der Waals surface area contributed by atoms with E-state index in [1.165, 1.54) is 51.4 Å². The predicted octanol–water partition coefficient (Wildman–Crippen LogP) is 1.42. The minimum atomic E-state index is 0.794. The maximum absolute atomic E-state index is 5.56. The van der Waals surface area contributed by atoms with E-state index in [0.29, 0.717) is 0 Å². The van der Waals surface area contributed by atoms with Gasteiger partial charge in [0.2, 0.25) is 0 Å². The van der Waals surface area contributed by atoms with Gasteiger partial charge in [0.05, 0.1) is 0 Å². The summed E-state index contributed by atoms with van der Waals surface area (Å²) < 4.78 is 0. The van der Waals surface area contributed by atoms with Gasteiger partial charge in [-0.3, -0.25) is 0 Å². The first kappa shape index (κ1) is 17.9. The molecular formula is C16H36N4. The lowest BCUT2D eigenvalue weighted by Gasteiger charge is -2.26. The van der Waals surface area contributed by atoms with Crippen LogP contribution in [0.2, 0.25) is 0 Å². The average molecular weight is 284 g/mol. The Hall–Kier alpha value is -0.160. The fourth-order valence-electron chi connectivity index (χ4n) is 3.41. The molecule has 0 spiro atoms. The molecule has 2 fully saturated rings. The molecule has 120 valence electrons. The van der Waals surface area contributed by atoms with Gasteiger partial charge in [-0.05, 0) is 101 Å². The molecule has 4 heteroatoms. The lowest BCUT2D eigenvalue weighted by atomic mass is 9.82. The SMILES string of the molecule is NCC1CCC(CN)CC1.NCC1CCC(CN)CC1. The summed E-state index contributed by atoms with van der Waals surface area (Å²) in [5.74, 6) is 3.18. The van der Waals surface area contributed by atoms with Crippen molar-refractivity contribution in [2.75, 3.05) is 26.2 Å². The molecule has 0 unspecified atom stereocenters. The molecule has 20 heavy (non-hydrogen) atoms. The Bertz CT molecular complexity index is 171. The Kier molecular flexibility index (Phi) is 9.44. The van der Waals surface area contributed by atoms with Crippen LogP contribution >= 0.6 is 0 Å². The third kappa shape index (κ3) is 6.53. The van der Waals surface area contributed by atoms with Gasteiger partial charge in [0, 0.05) is 0 Å². The van der Waals surface area contributed by atoms with Crippen LogP contribution in [0.3, 0.4) is 0 Å². The molecule has 0 saturated heterocycles. The lowest BCUT2D eigenvalue weighted by molar-refractivity contribution is 0.285. The summed E-state index contributed by atoms with van der Waals surface area (Å²) >= 11 is 0. The summed E-state index contributed by atoms with van der Waals surface area (Å²) in [7, 11) is 0. The molecule has 2 saturated carbocycles. The van der Waals surface area contributed by atoms with Crippen LogP contribution in [0.1, 0.15) is 51.4 Å². The number of rotatable bonds is 4. The van der Waals surface area contributed by atoms with Gasteiger partial charge in [-0.25, -0.2) is 0 Å². The largest absolute Gasteiger partial charge is 0.330 e. The minimum Gasteiger partial charge on any atom is -0.330 e. The summed E-state index contributed by atoms with van der Waals surface area (Å²) in [5.41, 5.74) is 22.2. The third-order valence-corrected chi connectivity index (χ3v) is 5.27.